The van der Waals surface area contributed by atoms with Crippen molar-refractivity contribution in [3.8, 4) is 0 Å². The third-order valence-electron chi connectivity index (χ3n) is 2.44. The van der Waals surface area contributed by atoms with Gasteiger partial charge in [0, 0.05) is 28.0 Å². The highest BCUT2D eigenvalue weighted by atomic mass is 35.5. The summed E-state index contributed by atoms with van der Waals surface area (Å²) in [6.07, 6.45) is 0.826. The Kier molecular flexibility index (Phi) is 3.53. The number of anilines is 2. The molecule has 1 aromatic carbocycles. The number of nitrogen functional groups attached to an aromatic ring is 1. The van der Waals surface area contributed by atoms with Crippen LogP contribution in [0.2, 0.25) is 5.02 Å². The van der Waals surface area contributed by atoms with Crippen molar-refractivity contribution >= 4 is 29.0 Å². The van der Waals surface area contributed by atoms with Crippen LogP contribution in [-0.4, -0.2) is 16.1 Å². The van der Waals surface area contributed by atoms with Crippen LogP contribution in [0.4, 0.5) is 11.5 Å². The molecule has 0 fully saturated rings. The van der Waals surface area contributed by atoms with E-state index in [1.54, 1.807) is 24.3 Å². The first kappa shape index (κ1) is 12.4. The number of halogens is 1. The molecule has 0 radical (unpaired) electrons. The van der Waals surface area contributed by atoms with Crippen LogP contribution >= 0.6 is 11.6 Å². The van der Waals surface area contributed by atoms with E-state index in [1.165, 1.54) is 0 Å². The van der Waals surface area contributed by atoms with E-state index in [4.69, 9.17) is 17.3 Å². The number of aromatic nitrogens is 2. The fraction of sp³-hybridized carbons (Fsp3) is 0.167. The number of hydrogen-bond acceptors (Lipinski definition) is 3. The number of hydrogen-bond donors (Lipinski definition) is 3. The molecule has 0 aliphatic rings. The van der Waals surface area contributed by atoms with Gasteiger partial charge in [-0.2, -0.15) is 5.10 Å². The Hall–Kier alpha value is -2.01. The fourth-order valence-electron chi connectivity index (χ4n) is 1.54. The number of aromatic amines is 1. The van der Waals surface area contributed by atoms with Gasteiger partial charge < -0.3 is 11.1 Å². The second kappa shape index (κ2) is 5.10. The second-order valence-corrected chi connectivity index (χ2v) is 4.30. The molecule has 0 unspecified atom stereocenters. The van der Waals surface area contributed by atoms with Crippen molar-refractivity contribution in [3.63, 3.8) is 0 Å². The van der Waals surface area contributed by atoms with Crippen LogP contribution in [0.25, 0.3) is 0 Å². The smallest absolute Gasteiger partial charge is 0.256 e. The van der Waals surface area contributed by atoms with Crippen LogP contribution < -0.4 is 11.1 Å². The van der Waals surface area contributed by atoms with Gasteiger partial charge in [0.15, 0.2) is 5.82 Å². The largest absolute Gasteiger partial charge is 0.399 e. The number of H-pyrrole nitrogens is 1. The lowest BCUT2D eigenvalue weighted by Gasteiger charge is -2.03. The first-order chi connectivity index (χ1) is 8.58. The maximum Gasteiger partial charge on any atom is 0.256 e. The molecule has 0 aliphatic carbocycles. The van der Waals surface area contributed by atoms with E-state index in [9.17, 15) is 4.79 Å². The quantitative estimate of drug-likeness (QED) is 0.745. The molecule has 5 nitrogen and oxygen atoms in total. The van der Waals surface area contributed by atoms with Crippen molar-refractivity contribution in [2.75, 3.05) is 11.1 Å². The summed E-state index contributed by atoms with van der Waals surface area (Å²) in [7, 11) is 0. The Bertz CT molecular complexity index is 559. The number of nitrogens with one attached hydrogen (secondary N) is 2. The van der Waals surface area contributed by atoms with Gasteiger partial charge >= 0.3 is 0 Å². The second-order valence-electron chi connectivity index (χ2n) is 3.86. The summed E-state index contributed by atoms with van der Waals surface area (Å²) in [5.41, 5.74) is 7.44. The van der Waals surface area contributed by atoms with Crippen molar-refractivity contribution in [2.45, 2.75) is 13.3 Å². The summed E-state index contributed by atoms with van der Waals surface area (Å²) in [4.78, 5) is 11.9. The molecule has 6 heteroatoms. The Morgan fingerprint density at radius 1 is 1.44 bits per heavy atom. The predicted molar refractivity (Wildman–Crippen MR) is 71.8 cm³/mol. The van der Waals surface area contributed by atoms with Gasteiger partial charge in [-0.25, -0.2) is 0 Å². The molecular weight excluding hydrogens is 252 g/mol. The average Bonchev–Trinajstić information content (AvgIpc) is 2.75. The highest BCUT2D eigenvalue weighted by Gasteiger charge is 2.09. The molecule has 18 heavy (non-hydrogen) atoms. The monoisotopic (exact) mass is 264 g/mol. The van der Waals surface area contributed by atoms with Gasteiger partial charge in [-0.1, -0.05) is 18.5 Å². The lowest BCUT2D eigenvalue weighted by Crippen LogP contribution is -2.12. The third-order valence-corrected chi connectivity index (χ3v) is 2.65. The Balaban J connectivity index is 2.16. The van der Waals surface area contributed by atoms with Crippen molar-refractivity contribution in [1.82, 2.24) is 10.2 Å². The summed E-state index contributed by atoms with van der Waals surface area (Å²) >= 11 is 5.84. The molecule has 1 amide bonds. The molecule has 2 aromatic rings. The zero-order valence-electron chi connectivity index (χ0n) is 9.83. The van der Waals surface area contributed by atoms with E-state index < -0.39 is 0 Å². The van der Waals surface area contributed by atoms with Crippen LogP contribution in [0.1, 0.15) is 23.0 Å². The Labute approximate surface area is 109 Å². The first-order valence-corrected chi connectivity index (χ1v) is 5.88. The summed E-state index contributed by atoms with van der Waals surface area (Å²) < 4.78 is 0. The summed E-state index contributed by atoms with van der Waals surface area (Å²) in [5, 5.41) is 9.89. The third kappa shape index (κ3) is 2.81. The van der Waals surface area contributed by atoms with Crippen molar-refractivity contribution < 1.29 is 4.79 Å². The van der Waals surface area contributed by atoms with Gasteiger partial charge in [-0.05, 0) is 24.6 Å². The number of carbonyl (C=O) groups is 1. The zero-order valence-corrected chi connectivity index (χ0v) is 10.6. The minimum atomic E-state index is -0.293. The maximum atomic E-state index is 11.9. The number of amides is 1. The fourth-order valence-corrected chi connectivity index (χ4v) is 1.78. The molecule has 2 rings (SSSR count). The van der Waals surface area contributed by atoms with Crippen molar-refractivity contribution in [3.05, 3.63) is 40.5 Å². The van der Waals surface area contributed by atoms with E-state index >= 15 is 0 Å². The van der Waals surface area contributed by atoms with Gasteiger partial charge in [0.1, 0.15) is 0 Å². The maximum absolute atomic E-state index is 11.9. The number of aryl methyl sites for hydroxylation is 1. The SMILES string of the molecule is CCc1cc(NC(=O)c2cc(N)cc(Cl)c2)n[nH]1. The van der Waals surface area contributed by atoms with E-state index in [2.05, 4.69) is 15.5 Å². The molecule has 0 saturated carbocycles. The number of carbonyl (C=O) groups excluding carboxylic acids is 1. The normalized spacial score (nSPS) is 10.3. The topological polar surface area (TPSA) is 83.8 Å². The molecule has 4 N–H and O–H groups in total. The van der Waals surface area contributed by atoms with Crippen LogP contribution in [0, 0.1) is 0 Å². The molecule has 0 bridgehead atoms. The average molecular weight is 265 g/mol. The standard InChI is InChI=1S/C12H13ClN4O/c1-2-10-6-11(17-16-10)15-12(18)7-3-8(13)5-9(14)4-7/h3-6H,2,14H2,1H3,(H2,15,16,17,18). The van der Waals surface area contributed by atoms with Gasteiger partial charge in [0.25, 0.3) is 5.91 Å². The molecule has 1 heterocycles. The van der Waals surface area contributed by atoms with Gasteiger partial charge in [-0.15, -0.1) is 0 Å². The van der Waals surface area contributed by atoms with Crippen molar-refractivity contribution in [1.29, 1.82) is 0 Å². The minimum Gasteiger partial charge on any atom is -0.399 e. The molecule has 0 spiro atoms. The highest BCUT2D eigenvalue weighted by Crippen LogP contribution is 2.17. The molecule has 0 aliphatic heterocycles. The van der Waals surface area contributed by atoms with Gasteiger partial charge in [-0.3, -0.25) is 9.89 Å². The van der Waals surface area contributed by atoms with Gasteiger partial charge in [0.2, 0.25) is 0 Å². The minimum absolute atomic E-state index is 0.293. The molecule has 94 valence electrons. The highest BCUT2D eigenvalue weighted by molar-refractivity contribution is 6.31. The lowest BCUT2D eigenvalue weighted by molar-refractivity contribution is 0.102. The molecular formula is C12H13ClN4O. The number of nitrogens with zero attached hydrogens (tertiary/aromatic N) is 1. The van der Waals surface area contributed by atoms with Crippen LogP contribution in [0.15, 0.2) is 24.3 Å². The lowest BCUT2D eigenvalue weighted by atomic mass is 10.2. The number of benzene rings is 1. The predicted octanol–water partition coefficient (Wildman–Crippen LogP) is 2.46. The Morgan fingerprint density at radius 2 is 2.22 bits per heavy atom. The van der Waals surface area contributed by atoms with Crippen LogP contribution in [-0.2, 0) is 6.42 Å². The van der Waals surface area contributed by atoms with E-state index in [0.717, 1.165) is 12.1 Å². The first-order valence-electron chi connectivity index (χ1n) is 5.50. The van der Waals surface area contributed by atoms with E-state index in [-0.39, 0.29) is 5.91 Å². The number of nitrogens with two attached hydrogens (primary N) is 1. The summed E-state index contributed by atoms with van der Waals surface area (Å²) in [6, 6.07) is 6.49. The van der Waals surface area contributed by atoms with E-state index in [1.807, 2.05) is 6.92 Å². The molecule has 0 saturated heterocycles. The van der Waals surface area contributed by atoms with E-state index in [0.29, 0.717) is 22.1 Å². The van der Waals surface area contributed by atoms with Crippen LogP contribution in [0.3, 0.4) is 0 Å². The zero-order chi connectivity index (χ0) is 13.1. The molecule has 0 atom stereocenters. The Morgan fingerprint density at radius 3 is 2.83 bits per heavy atom. The van der Waals surface area contributed by atoms with Gasteiger partial charge in [0.05, 0.1) is 0 Å². The number of rotatable bonds is 3. The summed E-state index contributed by atoms with van der Waals surface area (Å²) in [6.45, 7) is 2.00. The summed E-state index contributed by atoms with van der Waals surface area (Å²) in [5.74, 6) is 0.189. The molecule has 1 aromatic heterocycles. The van der Waals surface area contributed by atoms with Crippen molar-refractivity contribution in [2.24, 2.45) is 0 Å². The van der Waals surface area contributed by atoms with Crippen LogP contribution in [0.5, 0.6) is 0 Å².